The monoisotopic (exact) mass is 444 g/mol. The van der Waals surface area contributed by atoms with E-state index in [1.807, 2.05) is 0 Å². The molecule has 0 heterocycles. The third-order valence-corrected chi connectivity index (χ3v) is 5.73. The number of methoxy groups -OCH3 is 1. The van der Waals surface area contributed by atoms with Crippen LogP contribution in [0.3, 0.4) is 0 Å². The fraction of sp³-hybridized carbons (Fsp3) is 0.316. The highest BCUT2D eigenvalue weighted by atomic mass is 35.5. The predicted octanol–water partition coefficient (Wildman–Crippen LogP) is 3.63. The summed E-state index contributed by atoms with van der Waals surface area (Å²) in [7, 11) is -2.95. The van der Waals surface area contributed by atoms with E-state index in [-0.39, 0.29) is 0 Å². The zero-order valence-electron chi connectivity index (χ0n) is 15.9. The van der Waals surface area contributed by atoms with Gasteiger partial charge in [0.2, 0.25) is 0 Å². The smallest absolute Gasteiger partial charge is 0.336 e. The highest BCUT2D eigenvalue weighted by molar-refractivity contribution is 7.87. The number of esters is 1. The molecule has 152 valence electrons. The Morgan fingerprint density at radius 1 is 0.857 bits per heavy atom. The summed E-state index contributed by atoms with van der Waals surface area (Å²) < 4.78 is 35.7. The minimum absolute atomic E-state index is 0.338. The molecule has 0 aromatic heterocycles. The Labute approximate surface area is 175 Å². The van der Waals surface area contributed by atoms with Gasteiger partial charge in [0, 0.05) is 15.6 Å². The lowest BCUT2D eigenvalue weighted by Gasteiger charge is -2.34. The van der Waals surface area contributed by atoms with Crippen LogP contribution in [-0.4, -0.2) is 27.0 Å². The number of carbonyl (C=O) groups excluding carboxylic acids is 1. The van der Waals surface area contributed by atoms with Gasteiger partial charge in [0.1, 0.15) is 0 Å². The number of nitrogens with one attached hydrogen (secondary N) is 2. The number of hydrogen-bond acceptors (Lipinski definition) is 4. The van der Waals surface area contributed by atoms with Crippen molar-refractivity contribution >= 4 is 39.4 Å². The largest absolute Gasteiger partial charge is 0.467 e. The van der Waals surface area contributed by atoms with Crippen molar-refractivity contribution in [2.24, 2.45) is 0 Å². The molecule has 2 N–H and O–H groups in total. The molecule has 2 aromatic carbocycles. The minimum Gasteiger partial charge on any atom is -0.467 e. The van der Waals surface area contributed by atoms with Crippen molar-refractivity contribution in [3.63, 3.8) is 0 Å². The molecule has 0 radical (unpaired) electrons. The van der Waals surface area contributed by atoms with Crippen LogP contribution in [-0.2, 0) is 25.3 Å². The first-order valence-electron chi connectivity index (χ1n) is 8.33. The molecule has 28 heavy (non-hydrogen) atoms. The molecule has 2 rings (SSSR count). The van der Waals surface area contributed by atoms with E-state index in [2.05, 4.69) is 9.44 Å². The molecule has 0 aliphatic rings. The van der Waals surface area contributed by atoms with Gasteiger partial charge in [-0.05, 0) is 56.2 Å². The molecule has 0 aliphatic carbocycles. The van der Waals surface area contributed by atoms with Crippen LogP contribution in [0.15, 0.2) is 48.5 Å². The molecule has 0 amide bonds. The lowest BCUT2D eigenvalue weighted by atomic mass is 9.84. The molecule has 2 aromatic rings. The molecule has 0 saturated heterocycles. The normalized spacial score (nSPS) is 12.6. The third-order valence-electron chi connectivity index (χ3n) is 3.77. The van der Waals surface area contributed by atoms with Crippen molar-refractivity contribution in [3.05, 3.63) is 69.7 Å². The van der Waals surface area contributed by atoms with E-state index >= 15 is 0 Å². The van der Waals surface area contributed by atoms with Crippen molar-refractivity contribution in [2.45, 2.75) is 31.8 Å². The fourth-order valence-electron chi connectivity index (χ4n) is 2.74. The van der Waals surface area contributed by atoms with Crippen LogP contribution in [0.25, 0.3) is 0 Å². The molecule has 0 bridgehead atoms. The molecular formula is C19H22Cl2N2O4S. The van der Waals surface area contributed by atoms with Gasteiger partial charge in [0.15, 0.2) is 5.54 Å². The Morgan fingerprint density at radius 2 is 1.25 bits per heavy atom. The summed E-state index contributed by atoms with van der Waals surface area (Å²) >= 11 is 12.0. The fourth-order valence-corrected chi connectivity index (χ4v) is 4.58. The molecule has 9 heteroatoms. The average Bonchev–Trinajstić information content (AvgIpc) is 2.58. The van der Waals surface area contributed by atoms with E-state index in [0.717, 1.165) is 0 Å². The molecule has 0 unspecified atom stereocenters. The van der Waals surface area contributed by atoms with Crippen molar-refractivity contribution in [3.8, 4) is 0 Å². The van der Waals surface area contributed by atoms with Gasteiger partial charge in [-0.15, -0.1) is 0 Å². The first-order valence-corrected chi connectivity index (χ1v) is 10.6. The third kappa shape index (κ3) is 5.24. The minimum atomic E-state index is -4.14. The topological polar surface area (TPSA) is 84.5 Å². The van der Waals surface area contributed by atoms with Crippen LogP contribution in [0.5, 0.6) is 0 Å². The van der Waals surface area contributed by atoms with E-state index in [1.54, 1.807) is 69.3 Å². The number of carbonyl (C=O) groups is 1. The Balaban J connectivity index is 2.75. The van der Waals surface area contributed by atoms with Crippen LogP contribution in [0, 0.1) is 0 Å². The molecule has 0 atom stereocenters. The van der Waals surface area contributed by atoms with Gasteiger partial charge in [-0.2, -0.15) is 17.9 Å². The van der Waals surface area contributed by atoms with Gasteiger partial charge in [-0.1, -0.05) is 47.5 Å². The second kappa shape index (κ2) is 8.39. The maximum atomic E-state index is 13.0. The SMILES string of the molecule is COC(=O)C(NS(=O)(=O)NC(C)(C)C)(c1ccc(Cl)cc1)c1ccc(Cl)cc1. The molecule has 6 nitrogen and oxygen atoms in total. The van der Waals surface area contributed by atoms with Crippen LogP contribution >= 0.6 is 23.2 Å². The van der Waals surface area contributed by atoms with Crippen LogP contribution in [0.1, 0.15) is 31.9 Å². The summed E-state index contributed by atoms with van der Waals surface area (Å²) in [6.45, 7) is 5.07. The van der Waals surface area contributed by atoms with Gasteiger partial charge in [0.05, 0.1) is 7.11 Å². The van der Waals surface area contributed by atoms with E-state index in [9.17, 15) is 13.2 Å². The van der Waals surface area contributed by atoms with Crippen molar-refractivity contribution in [1.29, 1.82) is 0 Å². The summed E-state index contributed by atoms with van der Waals surface area (Å²) in [6.07, 6.45) is 0. The lowest BCUT2D eigenvalue weighted by Crippen LogP contribution is -2.58. The Bertz CT molecular complexity index is 892. The molecule has 0 saturated carbocycles. The highest BCUT2D eigenvalue weighted by Crippen LogP contribution is 2.33. The van der Waals surface area contributed by atoms with Gasteiger partial charge >= 0.3 is 5.97 Å². The number of benzene rings is 2. The van der Waals surface area contributed by atoms with Gasteiger partial charge in [-0.3, -0.25) is 0 Å². The second-order valence-electron chi connectivity index (χ2n) is 7.21. The van der Waals surface area contributed by atoms with Gasteiger partial charge in [-0.25, -0.2) is 4.79 Å². The quantitative estimate of drug-likeness (QED) is 0.666. The lowest BCUT2D eigenvalue weighted by molar-refractivity contribution is -0.146. The van der Waals surface area contributed by atoms with E-state index in [4.69, 9.17) is 27.9 Å². The Hall–Kier alpha value is -1.64. The van der Waals surface area contributed by atoms with E-state index < -0.39 is 27.3 Å². The summed E-state index contributed by atoms with van der Waals surface area (Å²) in [5, 5.41) is 0.878. The Morgan fingerprint density at radius 3 is 1.57 bits per heavy atom. The maximum absolute atomic E-state index is 13.0. The number of ether oxygens (including phenoxy) is 1. The van der Waals surface area contributed by atoms with Crippen LogP contribution < -0.4 is 9.44 Å². The summed E-state index contributed by atoms with van der Waals surface area (Å²) in [6, 6.07) is 12.5. The zero-order chi connectivity index (χ0) is 21.2. The highest BCUT2D eigenvalue weighted by Gasteiger charge is 2.47. The first kappa shape index (κ1) is 22.6. The van der Waals surface area contributed by atoms with E-state index in [1.165, 1.54) is 7.11 Å². The number of halogens is 2. The average molecular weight is 445 g/mol. The predicted molar refractivity (Wildman–Crippen MR) is 111 cm³/mol. The molecule has 0 fully saturated rings. The first-order chi connectivity index (χ1) is 12.9. The summed E-state index contributed by atoms with van der Waals surface area (Å²) in [5.41, 5.74) is -1.94. The van der Waals surface area contributed by atoms with E-state index in [0.29, 0.717) is 21.2 Å². The molecular weight excluding hydrogens is 423 g/mol. The second-order valence-corrected chi connectivity index (χ2v) is 9.50. The van der Waals surface area contributed by atoms with Crippen molar-refractivity contribution < 1.29 is 17.9 Å². The van der Waals surface area contributed by atoms with Crippen molar-refractivity contribution in [2.75, 3.05) is 7.11 Å². The van der Waals surface area contributed by atoms with Gasteiger partial charge < -0.3 is 4.74 Å². The maximum Gasteiger partial charge on any atom is 0.336 e. The standard InChI is InChI=1S/C19H22Cl2N2O4S/c1-18(2,3)22-28(25,26)23-19(17(24)27-4,13-5-9-15(20)10-6-13)14-7-11-16(21)12-8-14/h5-12,22-23H,1-4H3. The van der Waals surface area contributed by atoms with Gasteiger partial charge in [0.25, 0.3) is 10.2 Å². The molecule has 0 aliphatic heterocycles. The zero-order valence-corrected chi connectivity index (χ0v) is 18.2. The summed E-state index contributed by atoms with van der Waals surface area (Å²) in [4.78, 5) is 13.0. The summed E-state index contributed by atoms with van der Waals surface area (Å²) in [5.74, 6) is -0.809. The number of hydrogen-bond donors (Lipinski definition) is 2. The molecule has 0 spiro atoms. The van der Waals surface area contributed by atoms with Crippen molar-refractivity contribution in [1.82, 2.24) is 9.44 Å². The number of rotatable bonds is 6. The van der Waals surface area contributed by atoms with Crippen LogP contribution in [0.2, 0.25) is 10.0 Å². The Kier molecular flexibility index (Phi) is 6.78. The van der Waals surface area contributed by atoms with Crippen LogP contribution in [0.4, 0.5) is 0 Å².